The van der Waals surface area contributed by atoms with Gasteiger partial charge >= 0.3 is 5.97 Å². The molecule has 1 unspecified atom stereocenters. The van der Waals surface area contributed by atoms with Crippen molar-refractivity contribution in [3.63, 3.8) is 0 Å². The third-order valence-corrected chi connectivity index (χ3v) is 9.33. The Labute approximate surface area is 180 Å². The Hall–Kier alpha value is -1.86. The topological polar surface area (TPSA) is 93.2 Å². The number of epoxide rings is 1. The van der Waals surface area contributed by atoms with Crippen LogP contribution in [-0.4, -0.2) is 52.7 Å². The lowest BCUT2D eigenvalue weighted by Gasteiger charge is -2.56. The van der Waals surface area contributed by atoms with Crippen molar-refractivity contribution in [1.29, 1.82) is 0 Å². The maximum atomic E-state index is 15.4. The number of carbonyl (C=O) groups is 3. The Balaban J connectivity index is 1.55. The number of hydrogen-bond acceptors (Lipinski definition) is 6. The van der Waals surface area contributed by atoms with Gasteiger partial charge in [-0.05, 0) is 61.7 Å². The zero-order valence-corrected chi connectivity index (χ0v) is 18.3. The van der Waals surface area contributed by atoms with Crippen LogP contribution >= 0.6 is 0 Å². The molecule has 3 saturated carbocycles. The molecule has 1 spiro atoms. The van der Waals surface area contributed by atoms with Gasteiger partial charge in [0.05, 0.1) is 6.10 Å². The van der Waals surface area contributed by atoms with E-state index in [1.54, 1.807) is 6.08 Å². The lowest BCUT2D eigenvalue weighted by atomic mass is 9.46. The Morgan fingerprint density at radius 1 is 1.29 bits per heavy atom. The zero-order valence-electron chi connectivity index (χ0n) is 18.3. The number of ketones is 2. The second-order valence-electron chi connectivity index (χ2n) is 10.6. The summed E-state index contributed by atoms with van der Waals surface area (Å²) in [7, 11) is 0. The number of fused-ring (bicyclic) bond motifs is 3. The average molecular weight is 432 g/mol. The first-order valence-corrected chi connectivity index (χ1v) is 11.1. The van der Waals surface area contributed by atoms with Crippen LogP contribution in [0.4, 0.5) is 4.39 Å². The van der Waals surface area contributed by atoms with E-state index in [4.69, 9.17) is 9.47 Å². The molecule has 6 nitrogen and oxygen atoms in total. The smallest absolute Gasteiger partial charge is 0.303 e. The number of hydrogen-bond donors (Lipinski definition) is 1. The van der Waals surface area contributed by atoms with Crippen molar-refractivity contribution in [2.24, 2.45) is 28.6 Å². The zero-order chi connectivity index (χ0) is 22.6. The first kappa shape index (κ1) is 21.0. The van der Waals surface area contributed by atoms with Gasteiger partial charge < -0.3 is 14.6 Å². The van der Waals surface area contributed by atoms with E-state index in [0.717, 1.165) is 0 Å². The van der Waals surface area contributed by atoms with Gasteiger partial charge in [0.15, 0.2) is 12.4 Å². The van der Waals surface area contributed by atoms with E-state index in [1.807, 2.05) is 20.8 Å². The molecular weight excluding hydrogens is 403 g/mol. The predicted molar refractivity (Wildman–Crippen MR) is 108 cm³/mol. The Morgan fingerprint density at radius 2 is 2.00 bits per heavy atom. The summed E-state index contributed by atoms with van der Waals surface area (Å²) >= 11 is 0. The van der Waals surface area contributed by atoms with Crippen LogP contribution in [0.15, 0.2) is 23.8 Å². The van der Waals surface area contributed by atoms with Crippen LogP contribution in [-0.2, 0) is 23.9 Å². The molecule has 5 rings (SSSR count). The predicted octanol–water partition coefficient (Wildman–Crippen LogP) is 2.48. The highest BCUT2D eigenvalue weighted by Gasteiger charge is 2.82. The van der Waals surface area contributed by atoms with Crippen molar-refractivity contribution < 1.29 is 33.4 Å². The SMILES string of the molecule is CC(=O)OCC(=O)[C@@]1(O)[C@H](C)C[C@H]2C3C[C@H](F)C4=CC(=O)C=C[C@]4(C)[C@@]34O[C@H]4C[C@@]21C. The van der Waals surface area contributed by atoms with E-state index < -0.39 is 46.6 Å². The van der Waals surface area contributed by atoms with Crippen molar-refractivity contribution in [1.82, 2.24) is 0 Å². The number of allylic oxidation sites excluding steroid dienone is 2. The van der Waals surface area contributed by atoms with Crippen molar-refractivity contribution >= 4 is 17.5 Å². The van der Waals surface area contributed by atoms with Gasteiger partial charge in [0, 0.05) is 17.8 Å². The van der Waals surface area contributed by atoms with Gasteiger partial charge in [0.25, 0.3) is 0 Å². The first-order valence-electron chi connectivity index (χ1n) is 11.1. The Bertz CT molecular complexity index is 956. The minimum Gasteiger partial charge on any atom is -0.458 e. The summed E-state index contributed by atoms with van der Waals surface area (Å²) in [5.74, 6) is -1.96. The number of rotatable bonds is 3. The van der Waals surface area contributed by atoms with Crippen LogP contribution in [0.1, 0.15) is 47.0 Å². The summed E-state index contributed by atoms with van der Waals surface area (Å²) in [6.07, 6.45) is 4.42. The van der Waals surface area contributed by atoms with E-state index >= 15 is 4.39 Å². The van der Waals surface area contributed by atoms with E-state index in [0.29, 0.717) is 18.4 Å². The van der Waals surface area contributed by atoms with Crippen LogP contribution in [0.5, 0.6) is 0 Å². The third-order valence-electron chi connectivity index (χ3n) is 9.33. The number of halogens is 1. The normalized spacial score (nSPS) is 51.7. The second-order valence-corrected chi connectivity index (χ2v) is 10.6. The molecule has 4 fully saturated rings. The highest BCUT2D eigenvalue weighted by molar-refractivity contribution is 6.01. The molecular formula is C24H29FO6. The van der Waals surface area contributed by atoms with Gasteiger partial charge in [0.1, 0.15) is 17.4 Å². The van der Waals surface area contributed by atoms with Gasteiger partial charge in [-0.3, -0.25) is 14.4 Å². The highest BCUT2D eigenvalue weighted by atomic mass is 19.1. The summed E-state index contributed by atoms with van der Waals surface area (Å²) in [5.41, 5.74) is -3.35. The molecule has 0 radical (unpaired) electrons. The molecule has 1 N–H and O–H groups in total. The quantitative estimate of drug-likeness (QED) is 0.544. The van der Waals surface area contributed by atoms with Crippen molar-refractivity contribution in [2.75, 3.05) is 6.61 Å². The van der Waals surface area contributed by atoms with E-state index in [2.05, 4.69) is 0 Å². The van der Waals surface area contributed by atoms with Crippen molar-refractivity contribution in [3.8, 4) is 0 Å². The number of aliphatic hydroxyl groups is 1. The number of ether oxygens (including phenoxy) is 2. The van der Waals surface area contributed by atoms with E-state index in [-0.39, 0.29) is 36.1 Å². The summed E-state index contributed by atoms with van der Waals surface area (Å²) in [6, 6.07) is 0. The molecule has 0 aromatic carbocycles. The lowest BCUT2D eigenvalue weighted by molar-refractivity contribution is -0.171. The number of esters is 1. The first-order chi connectivity index (χ1) is 14.4. The number of Topliss-reactive ketones (excluding diaryl/α,β-unsaturated/α-hetero) is 1. The fourth-order valence-electron chi connectivity index (χ4n) is 7.85. The summed E-state index contributed by atoms with van der Waals surface area (Å²) in [6.45, 7) is 6.45. The fraction of sp³-hybridized carbons (Fsp3) is 0.708. The molecule has 1 saturated heterocycles. The molecule has 4 aliphatic carbocycles. The van der Waals surface area contributed by atoms with Crippen LogP contribution in [0.25, 0.3) is 0 Å². The third kappa shape index (κ3) is 2.31. The molecule has 0 amide bonds. The number of alkyl halides is 1. The summed E-state index contributed by atoms with van der Waals surface area (Å²) < 4.78 is 26.7. The summed E-state index contributed by atoms with van der Waals surface area (Å²) in [5, 5.41) is 11.8. The van der Waals surface area contributed by atoms with Crippen LogP contribution in [0.3, 0.4) is 0 Å². The molecule has 9 atom stereocenters. The van der Waals surface area contributed by atoms with Crippen LogP contribution in [0, 0.1) is 28.6 Å². The lowest BCUT2D eigenvalue weighted by Crippen LogP contribution is -2.63. The van der Waals surface area contributed by atoms with E-state index in [9.17, 15) is 19.5 Å². The highest BCUT2D eigenvalue weighted by Crippen LogP contribution is 2.76. The maximum Gasteiger partial charge on any atom is 0.303 e. The van der Waals surface area contributed by atoms with Crippen molar-refractivity contribution in [2.45, 2.75) is 70.4 Å². The molecule has 0 aromatic heterocycles. The molecule has 0 aromatic rings. The van der Waals surface area contributed by atoms with Crippen molar-refractivity contribution in [3.05, 3.63) is 23.8 Å². The van der Waals surface area contributed by atoms with Gasteiger partial charge in [0.2, 0.25) is 5.78 Å². The molecule has 7 heteroatoms. The molecule has 5 aliphatic rings. The monoisotopic (exact) mass is 432 g/mol. The number of carbonyl (C=O) groups excluding carboxylic acids is 3. The van der Waals surface area contributed by atoms with Crippen LogP contribution < -0.4 is 0 Å². The largest absolute Gasteiger partial charge is 0.458 e. The van der Waals surface area contributed by atoms with Gasteiger partial charge in [-0.25, -0.2) is 4.39 Å². The van der Waals surface area contributed by atoms with Crippen LogP contribution in [0.2, 0.25) is 0 Å². The Morgan fingerprint density at radius 3 is 2.68 bits per heavy atom. The van der Waals surface area contributed by atoms with E-state index in [1.165, 1.54) is 19.1 Å². The van der Waals surface area contributed by atoms with Gasteiger partial charge in [-0.15, -0.1) is 0 Å². The summed E-state index contributed by atoms with van der Waals surface area (Å²) in [4.78, 5) is 36.3. The minimum atomic E-state index is -1.67. The average Bonchev–Trinajstić information content (AvgIpc) is 3.38. The Kier molecular flexibility index (Phi) is 4.16. The second kappa shape index (κ2) is 6.13. The molecule has 1 aliphatic heterocycles. The molecule has 0 bridgehead atoms. The molecule has 1 heterocycles. The minimum absolute atomic E-state index is 0.129. The molecule has 168 valence electrons. The maximum absolute atomic E-state index is 15.4. The van der Waals surface area contributed by atoms with Gasteiger partial charge in [-0.2, -0.15) is 0 Å². The molecule has 31 heavy (non-hydrogen) atoms. The van der Waals surface area contributed by atoms with Gasteiger partial charge in [-0.1, -0.05) is 19.9 Å². The fourth-order valence-corrected chi connectivity index (χ4v) is 7.85. The standard InChI is InChI=1S/C24H29FO6/c1-12-7-15-16-9-18(25)17-8-14(27)5-6-21(17,3)24(16)20(31-24)10-22(15,4)23(12,29)19(28)11-30-13(2)26/h5-6,8,12,15-16,18,20,29H,7,9-11H2,1-4H3/t12-,15+,16?,18+,20+,21+,22+,23+,24-/m1/s1.